The van der Waals surface area contributed by atoms with Crippen molar-refractivity contribution in [2.45, 2.75) is 45.2 Å². The third kappa shape index (κ3) is 6.98. The Labute approximate surface area is 226 Å². The highest BCUT2D eigenvalue weighted by atomic mass is 16.6. The Morgan fingerprint density at radius 3 is 2.56 bits per heavy atom. The van der Waals surface area contributed by atoms with Crippen molar-refractivity contribution in [1.82, 2.24) is 34.4 Å². The Bertz CT molecular complexity index is 1410. The first-order chi connectivity index (χ1) is 18.6. The van der Waals surface area contributed by atoms with E-state index < -0.39 is 17.7 Å². The number of fused-ring (bicyclic) bond motifs is 1. The number of amides is 2. The molecule has 0 aliphatic carbocycles. The van der Waals surface area contributed by atoms with Crippen LogP contribution in [0.1, 0.15) is 42.8 Å². The molecule has 3 heterocycles. The lowest BCUT2D eigenvalue weighted by Crippen LogP contribution is -2.51. The molecule has 0 fully saturated rings. The van der Waals surface area contributed by atoms with Gasteiger partial charge in [-0.15, -0.1) is 10.2 Å². The zero-order valence-corrected chi connectivity index (χ0v) is 22.6. The molecule has 0 bridgehead atoms. The first-order valence-corrected chi connectivity index (χ1v) is 12.5. The van der Waals surface area contributed by atoms with Crippen molar-refractivity contribution in [3.8, 4) is 0 Å². The van der Waals surface area contributed by atoms with Gasteiger partial charge >= 0.3 is 6.09 Å². The van der Waals surface area contributed by atoms with Crippen molar-refractivity contribution in [2.75, 3.05) is 13.7 Å². The molecule has 12 heteroatoms. The van der Waals surface area contributed by atoms with E-state index in [1.807, 2.05) is 54.2 Å². The molecule has 2 amide bonds. The van der Waals surface area contributed by atoms with Crippen LogP contribution in [0.15, 0.2) is 60.9 Å². The maximum Gasteiger partial charge on any atom is 0.410 e. The van der Waals surface area contributed by atoms with Crippen LogP contribution < -0.4 is 11.1 Å². The van der Waals surface area contributed by atoms with Gasteiger partial charge in [-0.2, -0.15) is 0 Å². The summed E-state index contributed by atoms with van der Waals surface area (Å²) in [5, 5.41) is 11.6. The number of hydrogen-bond acceptors (Lipinski definition) is 8. The highest BCUT2D eigenvalue weighted by molar-refractivity contribution is 5.85. The van der Waals surface area contributed by atoms with Crippen LogP contribution in [-0.2, 0) is 41.1 Å². The van der Waals surface area contributed by atoms with Crippen LogP contribution in [0.5, 0.6) is 0 Å². The molecule has 12 nitrogen and oxygen atoms in total. The summed E-state index contributed by atoms with van der Waals surface area (Å²) in [6.07, 6.45) is 2.98. The van der Waals surface area contributed by atoms with Crippen molar-refractivity contribution >= 4 is 17.6 Å². The van der Waals surface area contributed by atoms with Gasteiger partial charge in [0.05, 0.1) is 31.0 Å². The Kier molecular flexibility index (Phi) is 8.57. The molecule has 0 unspecified atom stereocenters. The van der Waals surface area contributed by atoms with Gasteiger partial charge in [-0.1, -0.05) is 36.4 Å². The fourth-order valence-corrected chi connectivity index (χ4v) is 3.83. The van der Waals surface area contributed by atoms with E-state index in [0.29, 0.717) is 30.3 Å². The number of aromatic nitrogens is 5. The zero-order chi connectivity index (χ0) is 28.0. The van der Waals surface area contributed by atoms with E-state index in [-0.39, 0.29) is 19.1 Å². The predicted molar refractivity (Wildman–Crippen MR) is 143 cm³/mol. The minimum absolute atomic E-state index is 0.0416. The van der Waals surface area contributed by atoms with E-state index in [1.165, 1.54) is 4.90 Å². The fraction of sp³-hybridized carbons (Fsp3) is 0.370. The lowest BCUT2D eigenvalue weighted by Gasteiger charge is -2.24. The van der Waals surface area contributed by atoms with Crippen molar-refractivity contribution in [2.24, 2.45) is 12.8 Å². The maximum absolute atomic E-state index is 12.8. The number of rotatable bonds is 11. The predicted octanol–water partition coefficient (Wildman–Crippen LogP) is 2.34. The number of imidazole rings is 1. The topological polar surface area (TPSA) is 142 Å². The number of carbonyl (C=O) groups excluding carboxylic acids is 2. The minimum atomic E-state index is -1.12. The van der Waals surface area contributed by atoms with Gasteiger partial charge < -0.3 is 30.0 Å². The Morgan fingerprint density at radius 1 is 1.10 bits per heavy atom. The van der Waals surface area contributed by atoms with Crippen LogP contribution in [0.4, 0.5) is 4.79 Å². The molecule has 0 aliphatic rings. The van der Waals surface area contributed by atoms with E-state index in [2.05, 4.69) is 20.5 Å². The first-order valence-electron chi connectivity index (χ1n) is 12.5. The summed E-state index contributed by atoms with van der Waals surface area (Å²) >= 11 is 0. The Balaban J connectivity index is 1.53. The highest BCUT2D eigenvalue weighted by Crippen LogP contribution is 2.19. The van der Waals surface area contributed by atoms with Crippen LogP contribution in [-0.4, -0.2) is 60.2 Å². The molecule has 0 spiro atoms. The minimum Gasteiger partial charge on any atom is -0.443 e. The maximum atomic E-state index is 12.8. The van der Waals surface area contributed by atoms with E-state index in [9.17, 15) is 9.59 Å². The number of pyridine rings is 1. The van der Waals surface area contributed by atoms with Crippen molar-refractivity contribution in [3.05, 3.63) is 83.8 Å². The summed E-state index contributed by atoms with van der Waals surface area (Å²) in [5.74, 6) is 0.797. The van der Waals surface area contributed by atoms with Gasteiger partial charge in [-0.05, 0) is 31.5 Å². The molecule has 4 rings (SSSR count). The number of nitrogens with one attached hydrogen (secondary N) is 1. The molecule has 1 atom stereocenters. The van der Waals surface area contributed by atoms with Gasteiger partial charge in [0, 0.05) is 26.5 Å². The zero-order valence-electron chi connectivity index (χ0n) is 22.6. The Hall–Kier alpha value is -4.29. The molecule has 3 N–H and O–H groups in total. The van der Waals surface area contributed by atoms with Gasteiger partial charge in [0.2, 0.25) is 5.91 Å². The molecule has 4 aromatic rings. The molecule has 0 radical (unpaired) electrons. The summed E-state index contributed by atoms with van der Waals surface area (Å²) < 4.78 is 15.2. The first kappa shape index (κ1) is 27.7. The number of nitrogens with two attached hydrogens (primary N) is 1. The van der Waals surface area contributed by atoms with Crippen molar-refractivity contribution in [3.63, 3.8) is 0 Å². The van der Waals surface area contributed by atoms with E-state index in [0.717, 1.165) is 11.4 Å². The summed E-state index contributed by atoms with van der Waals surface area (Å²) in [6.45, 7) is 3.98. The molecule has 39 heavy (non-hydrogen) atoms. The van der Waals surface area contributed by atoms with E-state index >= 15 is 0 Å². The number of carbonyl (C=O) groups is 2. The van der Waals surface area contributed by atoms with Gasteiger partial charge in [0.1, 0.15) is 18.5 Å². The lowest BCUT2D eigenvalue weighted by molar-refractivity contribution is -0.126. The number of aryl methyl sites for hydroxylation is 1. The number of nitrogens with zero attached hydrogens (tertiary/aromatic N) is 6. The number of hydrogen-bond donors (Lipinski definition) is 2. The number of benzene rings is 1. The van der Waals surface area contributed by atoms with E-state index in [1.54, 1.807) is 43.6 Å². The van der Waals surface area contributed by atoms with Gasteiger partial charge in [0.25, 0.3) is 0 Å². The second-order valence-electron chi connectivity index (χ2n) is 9.88. The van der Waals surface area contributed by atoms with Gasteiger partial charge in [-0.3, -0.25) is 9.20 Å². The molecular weight excluding hydrogens is 500 g/mol. The van der Waals surface area contributed by atoms with Crippen LogP contribution in [0.25, 0.3) is 5.65 Å². The molecule has 0 aliphatic heterocycles. The summed E-state index contributed by atoms with van der Waals surface area (Å²) in [6, 6.07) is 14.4. The standard InChI is InChI=1S/C27H34N8O4/c1-27(2,28)25(36)30-21(18-38-16-19-9-6-5-7-10-19)24-32-31-22-12-8-11-20(35(22)24)17-39-26(37)34(4)15-23-29-13-14-33(23)3/h5-14,21H,15-18,28H2,1-4H3,(H,30,36)/t21-/m1/s1. The average molecular weight is 535 g/mol. The molecule has 206 valence electrons. The lowest BCUT2D eigenvalue weighted by atomic mass is 10.1. The largest absolute Gasteiger partial charge is 0.443 e. The van der Waals surface area contributed by atoms with Crippen LogP contribution in [0, 0.1) is 0 Å². The molecule has 3 aromatic heterocycles. The Morgan fingerprint density at radius 2 is 1.87 bits per heavy atom. The van der Waals surface area contributed by atoms with Crippen LogP contribution in [0.3, 0.4) is 0 Å². The molecule has 0 saturated heterocycles. The fourth-order valence-electron chi connectivity index (χ4n) is 3.83. The van der Waals surface area contributed by atoms with E-state index in [4.69, 9.17) is 15.2 Å². The molecule has 0 saturated carbocycles. The average Bonchev–Trinajstić information content (AvgIpc) is 3.53. The van der Waals surface area contributed by atoms with Gasteiger partial charge in [0.15, 0.2) is 11.5 Å². The van der Waals surface area contributed by atoms with Gasteiger partial charge in [-0.25, -0.2) is 9.78 Å². The third-order valence-electron chi connectivity index (χ3n) is 6.09. The van der Waals surface area contributed by atoms with Crippen LogP contribution in [0.2, 0.25) is 0 Å². The van der Waals surface area contributed by atoms with Crippen molar-refractivity contribution in [1.29, 1.82) is 0 Å². The smallest absolute Gasteiger partial charge is 0.410 e. The highest BCUT2D eigenvalue weighted by Gasteiger charge is 2.28. The monoisotopic (exact) mass is 534 g/mol. The summed E-state index contributed by atoms with van der Waals surface area (Å²) in [5.41, 5.74) is 7.09. The SMILES string of the molecule is CN(Cc1nccn1C)C(=O)OCc1cccc2nnc([C@@H](COCc3ccccc3)NC(=O)C(C)(C)N)n12. The normalized spacial score (nSPS) is 12.3. The molecule has 1 aromatic carbocycles. The quantitative estimate of drug-likeness (QED) is 0.299. The summed E-state index contributed by atoms with van der Waals surface area (Å²) in [7, 11) is 3.51. The summed E-state index contributed by atoms with van der Waals surface area (Å²) in [4.78, 5) is 31.2. The number of ether oxygens (including phenoxy) is 2. The second kappa shape index (κ2) is 12.0. The van der Waals surface area contributed by atoms with Crippen LogP contribution >= 0.6 is 0 Å². The molecular formula is C27H34N8O4. The van der Waals surface area contributed by atoms with Crippen molar-refractivity contribution < 1.29 is 19.1 Å². The third-order valence-corrected chi connectivity index (χ3v) is 6.09. The second-order valence-corrected chi connectivity index (χ2v) is 9.88.